The van der Waals surface area contributed by atoms with E-state index < -0.39 is 0 Å². The Morgan fingerprint density at radius 3 is 2.07 bits per heavy atom. The molecule has 0 radical (unpaired) electrons. The molecule has 0 amide bonds. The number of halogens is 1. The van der Waals surface area contributed by atoms with Gasteiger partial charge in [0.2, 0.25) is 0 Å². The second kappa shape index (κ2) is 8.73. The standard InChI is InChI=1S/C6H8S.C5H5N.ClH/c1-2-6-4-3-5-7-6;1-2-4-6-5-3-1;/h3-5H,2H2,1H3;1-5H;1H. The average Bonchev–Trinajstić information content (AvgIpc) is 2.74. The summed E-state index contributed by atoms with van der Waals surface area (Å²) in [6, 6.07) is 9.96. The number of hydrogen-bond donors (Lipinski definition) is 0. The summed E-state index contributed by atoms with van der Waals surface area (Å²) >= 11 is 1.82. The second-order valence-electron chi connectivity index (χ2n) is 2.46. The molecule has 0 aromatic carbocycles. The zero-order valence-corrected chi connectivity index (χ0v) is 9.72. The molecule has 0 unspecified atom stereocenters. The minimum atomic E-state index is 0. The van der Waals surface area contributed by atoms with E-state index in [2.05, 4.69) is 29.4 Å². The molecular formula is C11H14ClNS. The smallest absolute Gasteiger partial charge is 0.0267 e. The molecule has 76 valence electrons. The van der Waals surface area contributed by atoms with E-state index in [1.165, 1.54) is 11.3 Å². The third-order valence-electron chi connectivity index (χ3n) is 1.50. The van der Waals surface area contributed by atoms with Gasteiger partial charge in [0.05, 0.1) is 0 Å². The van der Waals surface area contributed by atoms with Gasteiger partial charge in [-0.1, -0.05) is 19.1 Å². The highest BCUT2D eigenvalue weighted by molar-refractivity contribution is 7.09. The van der Waals surface area contributed by atoms with Gasteiger partial charge < -0.3 is 0 Å². The van der Waals surface area contributed by atoms with Gasteiger partial charge in [0.25, 0.3) is 0 Å². The highest BCUT2D eigenvalue weighted by atomic mass is 35.5. The fourth-order valence-electron chi connectivity index (χ4n) is 0.826. The Kier molecular flexibility index (Phi) is 8.19. The van der Waals surface area contributed by atoms with E-state index in [-0.39, 0.29) is 12.4 Å². The van der Waals surface area contributed by atoms with E-state index >= 15 is 0 Å². The minimum Gasteiger partial charge on any atom is -0.265 e. The monoisotopic (exact) mass is 227 g/mol. The number of aryl methyl sites for hydroxylation is 1. The fourth-order valence-corrected chi connectivity index (χ4v) is 1.48. The molecule has 0 aliphatic heterocycles. The first kappa shape index (κ1) is 13.1. The van der Waals surface area contributed by atoms with Gasteiger partial charge in [-0.3, -0.25) is 4.98 Å². The van der Waals surface area contributed by atoms with Crippen LogP contribution in [0, 0.1) is 0 Å². The van der Waals surface area contributed by atoms with Gasteiger partial charge in [0.15, 0.2) is 0 Å². The summed E-state index contributed by atoms with van der Waals surface area (Å²) in [4.78, 5) is 5.26. The molecule has 0 bridgehead atoms. The van der Waals surface area contributed by atoms with Crippen molar-refractivity contribution in [2.24, 2.45) is 0 Å². The summed E-state index contributed by atoms with van der Waals surface area (Å²) < 4.78 is 0. The molecule has 2 rings (SSSR count). The molecule has 3 heteroatoms. The zero-order valence-electron chi connectivity index (χ0n) is 8.09. The van der Waals surface area contributed by atoms with Crippen molar-refractivity contribution in [3.63, 3.8) is 0 Å². The van der Waals surface area contributed by atoms with Gasteiger partial charge >= 0.3 is 0 Å². The lowest BCUT2D eigenvalue weighted by Gasteiger charge is -1.78. The quantitative estimate of drug-likeness (QED) is 0.722. The summed E-state index contributed by atoms with van der Waals surface area (Å²) in [5.41, 5.74) is 0. The number of aromatic nitrogens is 1. The Balaban J connectivity index is 0.000000227. The van der Waals surface area contributed by atoms with Crippen molar-refractivity contribution < 1.29 is 0 Å². The fraction of sp³-hybridized carbons (Fsp3) is 0.182. The molecule has 0 saturated heterocycles. The lowest BCUT2D eigenvalue weighted by atomic mass is 10.4. The average molecular weight is 228 g/mol. The van der Waals surface area contributed by atoms with Crippen LogP contribution in [0.15, 0.2) is 48.1 Å². The Hall–Kier alpha value is -0.860. The van der Waals surface area contributed by atoms with Crippen LogP contribution in [-0.2, 0) is 6.42 Å². The van der Waals surface area contributed by atoms with Gasteiger partial charge in [-0.2, -0.15) is 0 Å². The molecule has 0 N–H and O–H groups in total. The number of rotatable bonds is 1. The molecule has 0 aliphatic rings. The van der Waals surface area contributed by atoms with E-state index in [0.29, 0.717) is 0 Å². The molecule has 0 fully saturated rings. The van der Waals surface area contributed by atoms with Crippen molar-refractivity contribution in [3.8, 4) is 0 Å². The molecule has 14 heavy (non-hydrogen) atoms. The maximum Gasteiger partial charge on any atom is 0.0267 e. The van der Waals surface area contributed by atoms with Gasteiger partial charge in [-0.15, -0.1) is 23.7 Å². The van der Waals surface area contributed by atoms with E-state index in [4.69, 9.17) is 0 Å². The van der Waals surface area contributed by atoms with Crippen LogP contribution >= 0.6 is 23.7 Å². The van der Waals surface area contributed by atoms with E-state index in [1.807, 2.05) is 29.5 Å². The first-order chi connectivity index (χ1) is 6.43. The van der Waals surface area contributed by atoms with Crippen LogP contribution in [0.4, 0.5) is 0 Å². The number of hydrogen-bond acceptors (Lipinski definition) is 2. The second-order valence-corrected chi connectivity index (χ2v) is 3.49. The molecule has 0 aliphatic carbocycles. The van der Waals surface area contributed by atoms with Gasteiger partial charge in [0, 0.05) is 17.3 Å². The Morgan fingerprint density at radius 1 is 1.14 bits per heavy atom. The van der Waals surface area contributed by atoms with Crippen LogP contribution in [0.25, 0.3) is 0 Å². The largest absolute Gasteiger partial charge is 0.265 e. The molecular weight excluding hydrogens is 214 g/mol. The van der Waals surface area contributed by atoms with Crippen molar-refractivity contribution in [2.75, 3.05) is 0 Å². The van der Waals surface area contributed by atoms with Crippen LogP contribution < -0.4 is 0 Å². The first-order valence-electron chi connectivity index (χ1n) is 4.31. The van der Waals surface area contributed by atoms with Crippen molar-refractivity contribution in [2.45, 2.75) is 13.3 Å². The molecule has 2 aromatic rings. The number of nitrogens with zero attached hydrogens (tertiary/aromatic N) is 1. The van der Waals surface area contributed by atoms with Crippen molar-refractivity contribution in [1.82, 2.24) is 4.98 Å². The lowest BCUT2D eigenvalue weighted by Crippen LogP contribution is -1.63. The van der Waals surface area contributed by atoms with Crippen LogP contribution in [0.2, 0.25) is 0 Å². The van der Waals surface area contributed by atoms with Crippen molar-refractivity contribution in [3.05, 3.63) is 53.0 Å². The molecule has 2 heterocycles. The summed E-state index contributed by atoms with van der Waals surface area (Å²) in [6.45, 7) is 2.17. The first-order valence-corrected chi connectivity index (χ1v) is 5.19. The van der Waals surface area contributed by atoms with Crippen molar-refractivity contribution in [1.29, 1.82) is 0 Å². The van der Waals surface area contributed by atoms with Crippen LogP contribution in [0.1, 0.15) is 11.8 Å². The van der Waals surface area contributed by atoms with E-state index in [9.17, 15) is 0 Å². The molecule has 1 nitrogen and oxygen atoms in total. The summed E-state index contributed by atoms with van der Waals surface area (Å²) in [6.07, 6.45) is 4.68. The summed E-state index contributed by atoms with van der Waals surface area (Å²) in [5, 5.41) is 2.11. The third-order valence-corrected chi connectivity index (χ3v) is 2.52. The molecule has 0 saturated carbocycles. The summed E-state index contributed by atoms with van der Waals surface area (Å²) in [5.74, 6) is 0. The molecule has 0 atom stereocenters. The highest BCUT2D eigenvalue weighted by Crippen LogP contribution is 2.07. The lowest BCUT2D eigenvalue weighted by molar-refractivity contribution is 1.19. The topological polar surface area (TPSA) is 12.9 Å². The Morgan fingerprint density at radius 2 is 1.86 bits per heavy atom. The minimum absolute atomic E-state index is 0. The summed E-state index contributed by atoms with van der Waals surface area (Å²) in [7, 11) is 0. The third kappa shape index (κ3) is 5.73. The predicted octanol–water partition coefficient (Wildman–Crippen LogP) is 3.81. The number of thiophene rings is 1. The van der Waals surface area contributed by atoms with Crippen LogP contribution in [0.5, 0.6) is 0 Å². The van der Waals surface area contributed by atoms with Gasteiger partial charge in [0.1, 0.15) is 0 Å². The SMILES string of the molecule is CCc1cccs1.Cl.c1ccncc1. The Bertz CT molecular complexity index is 267. The van der Waals surface area contributed by atoms with E-state index in [0.717, 1.165) is 0 Å². The normalized spacial score (nSPS) is 8.07. The predicted molar refractivity (Wildman–Crippen MR) is 65.2 cm³/mol. The zero-order chi connectivity index (χ0) is 9.36. The van der Waals surface area contributed by atoms with E-state index in [1.54, 1.807) is 12.4 Å². The molecule has 0 spiro atoms. The maximum atomic E-state index is 3.78. The van der Waals surface area contributed by atoms with Gasteiger partial charge in [-0.25, -0.2) is 0 Å². The van der Waals surface area contributed by atoms with Crippen LogP contribution in [0.3, 0.4) is 0 Å². The Labute approximate surface area is 95.2 Å². The highest BCUT2D eigenvalue weighted by Gasteiger charge is 1.82. The number of pyridine rings is 1. The molecule has 2 aromatic heterocycles. The van der Waals surface area contributed by atoms with Gasteiger partial charge in [-0.05, 0) is 30.0 Å². The maximum absolute atomic E-state index is 3.78. The van der Waals surface area contributed by atoms with Crippen LogP contribution in [-0.4, -0.2) is 4.98 Å². The van der Waals surface area contributed by atoms with Crippen molar-refractivity contribution >= 4 is 23.7 Å².